The third-order valence-corrected chi connectivity index (χ3v) is 4.33. The van der Waals surface area contributed by atoms with Gasteiger partial charge in [-0.05, 0) is 33.6 Å². The standard InChI is InChI=1S/C13H21N3OS/c1-8-13(18-10(3)15-8)9(2)16-12(17)6-7-14-11-4-5-11/h9,11,14H,4-7H2,1-3H3,(H,16,17). The van der Waals surface area contributed by atoms with Crippen LogP contribution in [0.4, 0.5) is 0 Å². The predicted molar refractivity (Wildman–Crippen MR) is 73.8 cm³/mol. The lowest BCUT2D eigenvalue weighted by atomic mass is 10.2. The van der Waals surface area contributed by atoms with Crippen molar-refractivity contribution >= 4 is 17.2 Å². The Hall–Kier alpha value is -0.940. The highest BCUT2D eigenvalue weighted by Gasteiger charge is 2.20. The lowest BCUT2D eigenvalue weighted by molar-refractivity contribution is -0.121. The molecule has 2 rings (SSSR count). The fourth-order valence-corrected chi connectivity index (χ4v) is 2.94. The lowest BCUT2D eigenvalue weighted by Gasteiger charge is -2.13. The Morgan fingerprint density at radius 1 is 1.50 bits per heavy atom. The second kappa shape index (κ2) is 5.80. The number of carbonyl (C=O) groups is 1. The van der Waals surface area contributed by atoms with E-state index >= 15 is 0 Å². The zero-order valence-electron chi connectivity index (χ0n) is 11.2. The summed E-state index contributed by atoms with van der Waals surface area (Å²) in [6.45, 7) is 6.79. The normalized spacial score (nSPS) is 16.6. The van der Waals surface area contributed by atoms with E-state index in [-0.39, 0.29) is 11.9 Å². The second-order valence-corrected chi connectivity index (χ2v) is 6.18. The minimum absolute atomic E-state index is 0.0598. The maximum Gasteiger partial charge on any atom is 0.221 e. The summed E-state index contributed by atoms with van der Waals surface area (Å²) in [5.41, 5.74) is 1.03. The molecule has 0 aromatic carbocycles. The maximum absolute atomic E-state index is 11.8. The van der Waals surface area contributed by atoms with Gasteiger partial charge in [-0.25, -0.2) is 4.98 Å². The first-order valence-corrected chi connectivity index (χ1v) is 7.34. The van der Waals surface area contributed by atoms with Crippen LogP contribution < -0.4 is 10.6 Å². The van der Waals surface area contributed by atoms with Crippen LogP contribution in [0.5, 0.6) is 0 Å². The summed E-state index contributed by atoms with van der Waals surface area (Å²) in [4.78, 5) is 17.3. The molecule has 1 aliphatic carbocycles. The van der Waals surface area contributed by atoms with E-state index in [0.29, 0.717) is 12.5 Å². The highest BCUT2D eigenvalue weighted by atomic mass is 32.1. The molecule has 1 amide bonds. The van der Waals surface area contributed by atoms with Crippen LogP contribution in [0, 0.1) is 13.8 Å². The molecule has 0 radical (unpaired) electrons. The minimum Gasteiger partial charge on any atom is -0.349 e. The van der Waals surface area contributed by atoms with Gasteiger partial charge in [-0.15, -0.1) is 11.3 Å². The topological polar surface area (TPSA) is 54.0 Å². The molecular weight excluding hydrogens is 246 g/mol. The van der Waals surface area contributed by atoms with E-state index in [1.807, 2.05) is 20.8 Å². The third-order valence-electron chi connectivity index (χ3n) is 3.07. The van der Waals surface area contributed by atoms with Crippen LogP contribution in [0.15, 0.2) is 0 Å². The first-order chi connectivity index (χ1) is 8.56. The van der Waals surface area contributed by atoms with E-state index in [4.69, 9.17) is 0 Å². The van der Waals surface area contributed by atoms with Crippen LogP contribution in [-0.2, 0) is 4.79 Å². The van der Waals surface area contributed by atoms with Crippen LogP contribution in [-0.4, -0.2) is 23.5 Å². The number of rotatable bonds is 6. The Morgan fingerprint density at radius 3 is 2.78 bits per heavy atom. The Balaban J connectivity index is 1.76. The Morgan fingerprint density at radius 2 is 2.22 bits per heavy atom. The van der Waals surface area contributed by atoms with Gasteiger partial charge >= 0.3 is 0 Å². The molecule has 0 aliphatic heterocycles. The molecule has 1 unspecified atom stereocenters. The zero-order chi connectivity index (χ0) is 13.1. The molecule has 1 heterocycles. The molecule has 1 aliphatic rings. The summed E-state index contributed by atoms with van der Waals surface area (Å²) in [5.74, 6) is 0.112. The van der Waals surface area contributed by atoms with Crippen molar-refractivity contribution in [1.29, 1.82) is 0 Å². The number of thiazole rings is 1. The van der Waals surface area contributed by atoms with E-state index in [1.54, 1.807) is 11.3 Å². The molecule has 5 heteroatoms. The van der Waals surface area contributed by atoms with Gasteiger partial charge in [0.25, 0.3) is 0 Å². The number of aromatic nitrogens is 1. The van der Waals surface area contributed by atoms with Gasteiger partial charge in [0.1, 0.15) is 0 Å². The average Bonchev–Trinajstić information content (AvgIpc) is 3.03. The van der Waals surface area contributed by atoms with Crippen molar-refractivity contribution in [2.45, 2.75) is 52.1 Å². The first-order valence-electron chi connectivity index (χ1n) is 6.53. The third kappa shape index (κ3) is 3.78. The van der Waals surface area contributed by atoms with E-state index in [9.17, 15) is 4.79 Å². The molecule has 0 bridgehead atoms. The quantitative estimate of drug-likeness (QED) is 0.829. The Labute approximate surface area is 112 Å². The van der Waals surface area contributed by atoms with Gasteiger partial charge in [-0.2, -0.15) is 0 Å². The van der Waals surface area contributed by atoms with Crippen molar-refractivity contribution in [3.63, 3.8) is 0 Å². The number of hydrogen-bond donors (Lipinski definition) is 2. The van der Waals surface area contributed by atoms with Gasteiger partial charge in [0.2, 0.25) is 5.91 Å². The summed E-state index contributed by atoms with van der Waals surface area (Å²) < 4.78 is 0. The average molecular weight is 267 g/mol. The highest BCUT2D eigenvalue weighted by Crippen LogP contribution is 2.24. The smallest absolute Gasteiger partial charge is 0.221 e. The molecule has 1 aromatic rings. The van der Waals surface area contributed by atoms with Gasteiger partial charge in [0, 0.05) is 23.9 Å². The number of nitrogens with one attached hydrogen (secondary N) is 2. The van der Waals surface area contributed by atoms with Crippen molar-refractivity contribution in [3.05, 3.63) is 15.6 Å². The van der Waals surface area contributed by atoms with Crippen molar-refractivity contribution in [3.8, 4) is 0 Å². The van der Waals surface area contributed by atoms with E-state index in [0.717, 1.165) is 22.1 Å². The molecule has 1 fully saturated rings. The predicted octanol–water partition coefficient (Wildman–Crippen LogP) is 2.08. The highest BCUT2D eigenvalue weighted by molar-refractivity contribution is 7.11. The molecule has 2 N–H and O–H groups in total. The summed E-state index contributed by atoms with van der Waals surface area (Å²) >= 11 is 1.66. The van der Waals surface area contributed by atoms with Gasteiger partial charge in [-0.3, -0.25) is 4.79 Å². The van der Waals surface area contributed by atoms with Gasteiger partial charge in [0.05, 0.1) is 16.7 Å². The lowest BCUT2D eigenvalue weighted by Crippen LogP contribution is -2.30. The number of nitrogens with zero attached hydrogens (tertiary/aromatic N) is 1. The van der Waals surface area contributed by atoms with E-state index in [1.165, 1.54) is 12.8 Å². The van der Waals surface area contributed by atoms with Gasteiger partial charge < -0.3 is 10.6 Å². The Bertz CT molecular complexity index is 426. The monoisotopic (exact) mass is 267 g/mol. The van der Waals surface area contributed by atoms with Gasteiger partial charge in [0.15, 0.2) is 0 Å². The fraction of sp³-hybridized carbons (Fsp3) is 0.692. The molecule has 1 aromatic heterocycles. The molecular formula is C13H21N3OS. The molecule has 1 atom stereocenters. The number of carbonyl (C=O) groups excluding carboxylic acids is 1. The van der Waals surface area contributed by atoms with Crippen molar-refractivity contribution in [2.24, 2.45) is 0 Å². The Kier molecular flexibility index (Phi) is 4.35. The van der Waals surface area contributed by atoms with Crippen molar-refractivity contribution in [2.75, 3.05) is 6.54 Å². The van der Waals surface area contributed by atoms with E-state index in [2.05, 4.69) is 15.6 Å². The summed E-state index contributed by atoms with van der Waals surface area (Å²) in [5, 5.41) is 7.44. The first kappa shape index (κ1) is 13.5. The number of hydrogen-bond acceptors (Lipinski definition) is 4. The van der Waals surface area contributed by atoms with E-state index < -0.39 is 0 Å². The zero-order valence-corrected chi connectivity index (χ0v) is 12.1. The van der Waals surface area contributed by atoms with Crippen LogP contribution >= 0.6 is 11.3 Å². The number of amides is 1. The van der Waals surface area contributed by atoms with Crippen LogP contribution in [0.2, 0.25) is 0 Å². The largest absolute Gasteiger partial charge is 0.349 e. The second-order valence-electron chi connectivity index (χ2n) is 4.95. The summed E-state index contributed by atoms with van der Waals surface area (Å²) in [6, 6.07) is 0.728. The van der Waals surface area contributed by atoms with Gasteiger partial charge in [-0.1, -0.05) is 0 Å². The van der Waals surface area contributed by atoms with Crippen LogP contribution in [0.3, 0.4) is 0 Å². The van der Waals surface area contributed by atoms with Crippen molar-refractivity contribution in [1.82, 2.24) is 15.6 Å². The maximum atomic E-state index is 11.8. The fourth-order valence-electron chi connectivity index (χ4n) is 2.01. The molecule has 4 nitrogen and oxygen atoms in total. The molecule has 0 spiro atoms. The summed E-state index contributed by atoms with van der Waals surface area (Å²) in [7, 11) is 0. The minimum atomic E-state index is 0.0598. The molecule has 0 saturated heterocycles. The molecule has 18 heavy (non-hydrogen) atoms. The molecule has 100 valence electrons. The van der Waals surface area contributed by atoms with Crippen LogP contribution in [0.25, 0.3) is 0 Å². The van der Waals surface area contributed by atoms with Crippen molar-refractivity contribution < 1.29 is 4.79 Å². The SMILES string of the molecule is Cc1nc(C)c(C(C)NC(=O)CCNC2CC2)s1. The summed E-state index contributed by atoms with van der Waals surface area (Å²) in [6.07, 6.45) is 3.08. The van der Waals surface area contributed by atoms with Crippen LogP contribution in [0.1, 0.15) is 47.8 Å². The number of aryl methyl sites for hydroxylation is 2. The molecule has 1 saturated carbocycles.